The highest BCUT2D eigenvalue weighted by Gasteiger charge is 2.32. The number of methoxy groups -OCH3 is 1. The maximum absolute atomic E-state index is 12.6. The van der Waals surface area contributed by atoms with Crippen LogP contribution in [0.2, 0.25) is 0 Å². The number of ether oxygens (including phenoxy) is 2. The van der Waals surface area contributed by atoms with Gasteiger partial charge in [-0.25, -0.2) is 4.79 Å². The lowest BCUT2D eigenvalue weighted by molar-refractivity contribution is -0.121. The van der Waals surface area contributed by atoms with Crippen molar-refractivity contribution in [2.45, 2.75) is 26.4 Å². The zero-order valence-corrected chi connectivity index (χ0v) is 15.2. The lowest BCUT2D eigenvalue weighted by Crippen LogP contribution is -2.40. The summed E-state index contributed by atoms with van der Waals surface area (Å²) in [6.45, 7) is 6.23. The van der Waals surface area contributed by atoms with Crippen molar-refractivity contribution in [3.8, 4) is 5.75 Å². The molecular weight excluding hydrogens is 322 g/mol. The molecule has 0 unspecified atom stereocenters. The molecule has 1 aromatic rings. The van der Waals surface area contributed by atoms with E-state index in [1.807, 2.05) is 38.1 Å². The second-order valence-corrected chi connectivity index (χ2v) is 6.15. The Bertz CT molecular complexity index is 591. The average Bonchev–Trinajstić information content (AvgIpc) is 2.94. The van der Waals surface area contributed by atoms with Gasteiger partial charge >= 0.3 is 6.03 Å². The summed E-state index contributed by atoms with van der Waals surface area (Å²) in [5.74, 6) is 0.493. The molecule has 1 fully saturated rings. The molecule has 1 aliphatic heterocycles. The fraction of sp³-hybridized carbons (Fsp3) is 0.556. The molecule has 2 rings (SSSR count). The molecule has 1 N–H and O–H groups in total. The van der Waals surface area contributed by atoms with Gasteiger partial charge in [0, 0.05) is 26.2 Å². The minimum atomic E-state index is -0.178. The standard InChI is InChI=1S/C18H27N3O4/c1-14(2)25-12-6-9-19-17(22)13-20-10-11-21(18(20)23)15-7-4-5-8-16(15)24-3/h4-5,7-8,14H,6,9-13H2,1-3H3,(H,19,22). The quantitative estimate of drug-likeness (QED) is 0.691. The Morgan fingerprint density at radius 1 is 1.28 bits per heavy atom. The van der Waals surface area contributed by atoms with Crippen LogP contribution in [0.3, 0.4) is 0 Å². The molecule has 0 radical (unpaired) electrons. The molecule has 1 aliphatic rings. The molecule has 1 aromatic carbocycles. The third-order valence-electron chi connectivity index (χ3n) is 3.90. The molecule has 0 atom stereocenters. The van der Waals surface area contributed by atoms with Crippen LogP contribution in [-0.2, 0) is 9.53 Å². The molecule has 0 aromatic heterocycles. The first-order valence-electron chi connectivity index (χ1n) is 8.60. The summed E-state index contributed by atoms with van der Waals surface area (Å²) >= 11 is 0. The Kier molecular flexibility index (Phi) is 7.06. The highest BCUT2D eigenvalue weighted by molar-refractivity contribution is 5.97. The van der Waals surface area contributed by atoms with Crippen LogP contribution < -0.4 is 15.0 Å². The Hall–Kier alpha value is -2.28. The van der Waals surface area contributed by atoms with E-state index < -0.39 is 0 Å². The van der Waals surface area contributed by atoms with Crippen LogP contribution in [0.15, 0.2) is 24.3 Å². The topological polar surface area (TPSA) is 71.1 Å². The van der Waals surface area contributed by atoms with Crippen molar-refractivity contribution in [3.63, 3.8) is 0 Å². The summed E-state index contributed by atoms with van der Waals surface area (Å²) in [4.78, 5) is 27.8. The molecule has 7 heteroatoms. The number of para-hydroxylation sites is 2. The number of urea groups is 1. The predicted molar refractivity (Wildman–Crippen MR) is 96.0 cm³/mol. The zero-order chi connectivity index (χ0) is 18.2. The van der Waals surface area contributed by atoms with Gasteiger partial charge in [-0.1, -0.05) is 12.1 Å². The van der Waals surface area contributed by atoms with Gasteiger partial charge in [-0.15, -0.1) is 0 Å². The van der Waals surface area contributed by atoms with Crippen molar-refractivity contribution in [2.75, 3.05) is 44.8 Å². The number of hydrogen-bond donors (Lipinski definition) is 1. The van der Waals surface area contributed by atoms with E-state index in [0.29, 0.717) is 32.0 Å². The number of nitrogens with zero attached hydrogens (tertiary/aromatic N) is 2. The first kappa shape index (κ1) is 19.1. The van der Waals surface area contributed by atoms with Crippen LogP contribution in [0.4, 0.5) is 10.5 Å². The first-order valence-corrected chi connectivity index (χ1v) is 8.60. The van der Waals surface area contributed by atoms with Crippen molar-refractivity contribution in [1.82, 2.24) is 10.2 Å². The van der Waals surface area contributed by atoms with E-state index in [-0.39, 0.29) is 24.6 Å². The van der Waals surface area contributed by atoms with Gasteiger partial charge in [0.05, 0.1) is 18.9 Å². The van der Waals surface area contributed by atoms with Crippen LogP contribution in [0.25, 0.3) is 0 Å². The maximum Gasteiger partial charge on any atom is 0.325 e. The van der Waals surface area contributed by atoms with E-state index >= 15 is 0 Å². The van der Waals surface area contributed by atoms with E-state index in [1.54, 1.807) is 16.9 Å². The minimum absolute atomic E-state index is 0.0650. The molecule has 7 nitrogen and oxygen atoms in total. The normalized spacial score (nSPS) is 14.3. The number of benzene rings is 1. The van der Waals surface area contributed by atoms with Gasteiger partial charge in [-0.2, -0.15) is 0 Å². The highest BCUT2D eigenvalue weighted by atomic mass is 16.5. The Balaban J connectivity index is 1.80. The zero-order valence-electron chi connectivity index (χ0n) is 15.2. The third-order valence-corrected chi connectivity index (χ3v) is 3.90. The number of rotatable bonds is 9. The van der Waals surface area contributed by atoms with Crippen LogP contribution in [0, 0.1) is 0 Å². The number of carbonyl (C=O) groups is 2. The van der Waals surface area contributed by atoms with Crippen molar-refractivity contribution in [2.24, 2.45) is 0 Å². The summed E-state index contributed by atoms with van der Waals surface area (Å²) in [5, 5.41) is 2.82. The number of anilines is 1. The summed E-state index contributed by atoms with van der Waals surface area (Å²) in [6.07, 6.45) is 0.949. The predicted octanol–water partition coefficient (Wildman–Crippen LogP) is 1.87. The number of carbonyl (C=O) groups excluding carboxylic acids is 2. The molecule has 25 heavy (non-hydrogen) atoms. The Morgan fingerprint density at radius 2 is 2.04 bits per heavy atom. The van der Waals surface area contributed by atoms with Gasteiger partial charge in [0.15, 0.2) is 0 Å². The van der Waals surface area contributed by atoms with Gasteiger partial charge in [-0.3, -0.25) is 9.69 Å². The second-order valence-electron chi connectivity index (χ2n) is 6.15. The monoisotopic (exact) mass is 349 g/mol. The Labute approximate surface area is 148 Å². The van der Waals surface area contributed by atoms with Gasteiger partial charge in [-0.05, 0) is 32.4 Å². The van der Waals surface area contributed by atoms with Crippen molar-refractivity contribution < 1.29 is 19.1 Å². The van der Waals surface area contributed by atoms with E-state index in [4.69, 9.17) is 9.47 Å². The lowest BCUT2D eigenvalue weighted by atomic mass is 10.2. The molecule has 3 amide bonds. The van der Waals surface area contributed by atoms with Crippen molar-refractivity contribution in [3.05, 3.63) is 24.3 Å². The summed E-state index contributed by atoms with van der Waals surface area (Å²) in [7, 11) is 1.58. The average molecular weight is 349 g/mol. The molecular formula is C18H27N3O4. The number of hydrogen-bond acceptors (Lipinski definition) is 4. The van der Waals surface area contributed by atoms with Crippen molar-refractivity contribution >= 4 is 17.6 Å². The fourth-order valence-corrected chi connectivity index (χ4v) is 2.65. The molecule has 0 spiro atoms. The second kappa shape index (κ2) is 9.27. The summed E-state index contributed by atoms with van der Waals surface area (Å²) in [6, 6.07) is 7.20. The number of amides is 3. The van der Waals surface area contributed by atoms with E-state index in [1.165, 1.54) is 0 Å². The SMILES string of the molecule is COc1ccccc1N1CCN(CC(=O)NCCCOC(C)C)C1=O. The molecule has 0 aliphatic carbocycles. The van der Waals surface area contributed by atoms with Crippen LogP contribution in [0.5, 0.6) is 5.75 Å². The third kappa shape index (κ3) is 5.35. The lowest BCUT2D eigenvalue weighted by Gasteiger charge is -2.20. The Morgan fingerprint density at radius 3 is 2.76 bits per heavy atom. The van der Waals surface area contributed by atoms with Crippen molar-refractivity contribution in [1.29, 1.82) is 0 Å². The van der Waals surface area contributed by atoms with Gasteiger partial charge in [0.25, 0.3) is 0 Å². The van der Waals surface area contributed by atoms with Crippen LogP contribution in [0.1, 0.15) is 20.3 Å². The van der Waals surface area contributed by atoms with E-state index in [0.717, 1.165) is 12.1 Å². The minimum Gasteiger partial charge on any atom is -0.495 e. The molecule has 0 saturated carbocycles. The van der Waals surface area contributed by atoms with Gasteiger partial charge in [0.2, 0.25) is 5.91 Å². The highest BCUT2D eigenvalue weighted by Crippen LogP contribution is 2.30. The van der Waals surface area contributed by atoms with Gasteiger partial charge in [0.1, 0.15) is 12.3 Å². The number of nitrogens with one attached hydrogen (secondary N) is 1. The smallest absolute Gasteiger partial charge is 0.325 e. The summed E-state index contributed by atoms with van der Waals surface area (Å²) in [5.41, 5.74) is 0.726. The molecule has 138 valence electrons. The molecule has 1 heterocycles. The first-order chi connectivity index (χ1) is 12.0. The summed E-state index contributed by atoms with van der Waals surface area (Å²) < 4.78 is 10.7. The fourth-order valence-electron chi connectivity index (χ4n) is 2.65. The van der Waals surface area contributed by atoms with E-state index in [2.05, 4.69) is 5.32 Å². The van der Waals surface area contributed by atoms with Crippen LogP contribution in [-0.4, -0.2) is 62.8 Å². The van der Waals surface area contributed by atoms with Gasteiger partial charge < -0.3 is 19.7 Å². The van der Waals surface area contributed by atoms with E-state index in [9.17, 15) is 9.59 Å². The largest absolute Gasteiger partial charge is 0.495 e. The van der Waals surface area contributed by atoms with Crippen LogP contribution >= 0.6 is 0 Å². The molecule has 0 bridgehead atoms. The maximum atomic E-state index is 12.6. The molecule has 1 saturated heterocycles.